The molecule has 0 radical (unpaired) electrons. The van der Waals surface area contributed by atoms with Crippen LogP contribution in [0.25, 0.3) is 0 Å². The van der Waals surface area contributed by atoms with Crippen LogP contribution in [0.2, 0.25) is 0 Å². The minimum absolute atomic E-state index is 0. The van der Waals surface area contributed by atoms with Crippen LogP contribution < -0.4 is 11.1 Å². The Balaban J connectivity index is 0.00000625. The molecule has 1 aromatic rings. The van der Waals surface area contributed by atoms with Crippen LogP contribution in [0.3, 0.4) is 0 Å². The Morgan fingerprint density at radius 2 is 1.81 bits per heavy atom. The lowest BCUT2D eigenvalue weighted by molar-refractivity contribution is -0.120. The van der Waals surface area contributed by atoms with Crippen molar-refractivity contribution in [1.82, 2.24) is 5.32 Å². The molecular formula is C18H31ClN2O3S2. The van der Waals surface area contributed by atoms with Gasteiger partial charge in [0.05, 0.1) is 15.9 Å². The molecule has 0 aromatic heterocycles. The van der Waals surface area contributed by atoms with Gasteiger partial charge in [0.15, 0.2) is 9.84 Å². The molecule has 8 heteroatoms. The quantitative estimate of drug-likeness (QED) is 0.564. The van der Waals surface area contributed by atoms with E-state index in [9.17, 15) is 13.2 Å². The highest BCUT2D eigenvalue weighted by Gasteiger charge is 2.24. The largest absolute Gasteiger partial charge is 0.353 e. The zero-order chi connectivity index (χ0) is 19.1. The first kappa shape index (κ1) is 25.2. The summed E-state index contributed by atoms with van der Waals surface area (Å²) in [5.41, 5.74) is 5.81. The van der Waals surface area contributed by atoms with Gasteiger partial charge in [-0.25, -0.2) is 8.42 Å². The number of thioether (sulfide) groups is 1. The van der Waals surface area contributed by atoms with Crippen LogP contribution in [0, 0.1) is 0 Å². The van der Waals surface area contributed by atoms with E-state index in [1.54, 1.807) is 31.2 Å². The molecule has 0 aliphatic rings. The van der Waals surface area contributed by atoms with E-state index in [0.717, 1.165) is 12.8 Å². The first-order chi connectivity index (χ1) is 11.7. The number of sulfone groups is 1. The van der Waals surface area contributed by atoms with Crippen LogP contribution in [0.5, 0.6) is 0 Å². The van der Waals surface area contributed by atoms with Crippen molar-refractivity contribution in [1.29, 1.82) is 0 Å². The average Bonchev–Trinajstić information content (AvgIpc) is 2.59. The fraction of sp³-hybridized carbons (Fsp3) is 0.611. The fourth-order valence-electron chi connectivity index (χ4n) is 2.33. The highest BCUT2D eigenvalue weighted by molar-refractivity contribution is 8.01. The lowest BCUT2D eigenvalue weighted by Gasteiger charge is -2.27. The van der Waals surface area contributed by atoms with Gasteiger partial charge >= 0.3 is 0 Å². The number of hydrogen-bond donors (Lipinski definition) is 2. The molecule has 5 nitrogen and oxygen atoms in total. The molecule has 1 unspecified atom stereocenters. The minimum Gasteiger partial charge on any atom is -0.353 e. The third-order valence-corrected chi connectivity index (χ3v) is 7.63. The minimum atomic E-state index is -3.33. The lowest BCUT2D eigenvalue weighted by Crippen LogP contribution is -2.50. The molecule has 0 heterocycles. The Bertz CT molecular complexity index is 677. The maximum atomic E-state index is 12.4. The van der Waals surface area contributed by atoms with Crippen LogP contribution in [-0.2, 0) is 14.6 Å². The third-order valence-electron chi connectivity index (χ3n) is 4.35. The van der Waals surface area contributed by atoms with Gasteiger partial charge in [-0.15, -0.1) is 24.2 Å². The lowest BCUT2D eigenvalue weighted by atomic mass is 9.94. The van der Waals surface area contributed by atoms with Gasteiger partial charge in [-0.05, 0) is 38.3 Å². The monoisotopic (exact) mass is 422 g/mol. The smallest absolute Gasteiger partial charge is 0.233 e. The molecule has 0 saturated heterocycles. The molecule has 1 rings (SSSR count). The number of nitrogens with one attached hydrogen (secondary N) is 1. The highest BCUT2D eigenvalue weighted by atomic mass is 35.5. The zero-order valence-electron chi connectivity index (χ0n) is 15.9. The van der Waals surface area contributed by atoms with Gasteiger partial charge in [0, 0.05) is 17.0 Å². The van der Waals surface area contributed by atoms with Gasteiger partial charge in [0.1, 0.15) is 0 Å². The van der Waals surface area contributed by atoms with E-state index >= 15 is 0 Å². The summed E-state index contributed by atoms with van der Waals surface area (Å²) in [4.78, 5) is 13.3. The SMILES string of the molecule is CCCS(=O)(=O)c1ccccc1SC(C)C(=O)NCC(N)(CC)CC.Cl. The molecule has 0 bridgehead atoms. The maximum Gasteiger partial charge on any atom is 0.233 e. The van der Waals surface area contributed by atoms with Crippen molar-refractivity contribution in [3.63, 3.8) is 0 Å². The Labute approximate surface area is 168 Å². The number of carbonyl (C=O) groups excluding carboxylic acids is 1. The summed E-state index contributed by atoms with van der Waals surface area (Å²) in [5, 5.41) is 2.49. The van der Waals surface area contributed by atoms with Crippen LogP contribution in [0.1, 0.15) is 47.0 Å². The predicted molar refractivity (Wildman–Crippen MR) is 112 cm³/mol. The summed E-state index contributed by atoms with van der Waals surface area (Å²) in [6, 6.07) is 6.86. The molecule has 0 aliphatic heterocycles. The van der Waals surface area contributed by atoms with Crippen LogP contribution in [0.4, 0.5) is 0 Å². The Morgan fingerprint density at radius 3 is 2.35 bits per heavy atom. The van der Waals surface area contributed by atoms with Gasteiger partial charge in [-0.2, -0.15) is 0 Å². The van der Waals surface area contributed by atoms with Crippen molar-refractivity contribution >= 4 is 39.9 Å². The summed E-state index contributed by atoms with van der Waals surface area (Å²) in [7, 11) is -3.33. The summed E-state index contributed by atoms with van der Waals surface area (Å²) < 4.78 is 24.8. The van der Waals surface area contributed by atoms with Crippen molar-refractivity contribution in [3.8, 4) is 0 Å². The Hall–Kier alpha value is -0.760. The molecule has 1 atom stereocenters. The molecule has 150 valence electrons. The summed E-state index contributed by atoms with van der Waals surface area (Å²) >= 11 is 1.26. The predicted octanol–water partition coefficient (Wildman–Crippen LogP) is 3.41. The average molecular weight is 423 g/mol. The molecule has 1 aromatic carbocycles. The van der Waals surface area contributed by atoms with E-state index in [0.29, 0.717) is 22.8 Å². The first-order valence-electron chi connectivity index (χ1n) is 8.74. The van der Waals surface area contributed by atoms with E-state index in [4.69, 9.17) is 5.73 Å². The highest BCUT2D eigenvalue weighted by Crippen LogP contribution is 2.30. The van der Waals surface area contributed by atoms with Crippen LogP contribution in [0.15, 0.2) is 34.1 Å². The van der Waals surface area contributed by atoms with E-state index in [1.165, 1.54) is 11.8 Å². The van der Waals surface area contributed by atoms with Gasteiger partial charge < -0.3 is 11.1 Å². The number of carbonyl (C=O) groups is 1. The number of hydrogen-bond acceptors (Lipinski definition) is 5. The Morgan fingerprint density at radius 1 is 1.23 bits per heavy atom. The van der Waals surface area contributed by atoms with Gasteiger partial charge in [0.2, 0.25) is 5.91 Å². The van der Waals surface area contributed by atoms with Gasteiger partial charge in [0.25, 0.3) is 0 Å². The Kier molecular flexibility index (Phi) is 10.8. The molecule has 26 heavy (non-hydrogen) atoms. The van der Waals surface area contributed by atoms with E-state index < -0.39 is 20.6 Å². The second-order valence-electron chi connectivity index (χ2n) is 6.31. The van der Waals surface area contributed by atoms with Gasteiger partial charge in [-0.3, -0.25) is 4.79 Å². The first-order valence-corrected chi connectivity index (χ1v) is 11.3. The molecule has 0 spiro atoms. The second kappa shape index (κ2) is 11.2. The van der Waals surface area contributed by atoms with Crippen molar-refractivity contribution in [2.24, 2.45) is 5.73 Å². The summed E-state index contributed by atoms with van der Waals surface area (Å²) in [6.45, 7) is 8.04. The summed E-state index contributed by atoms with van der Waals surface area (Å²) in [6.07, 6.45) is 2.12. The van der Waals surface area contributed by atoms with Crippen molar-refractivity contribution < 1.29 is 13.2 Å². The normalized spacial score (nSPS) is 13.0. The van der Waals surface area contributed by atoms with Crippen molar-refractivity contribution in [2.45, 2.75) is 67.5 Å². The maximum absolute atomic E-state index is 12.4. The van der Waals surface area contributed by atoms with Crippen LogP contribution in [-0.4, -0.2) is 37.4 Å². The van der Waals surface area contributed by atoms with E-state index in [1.807, 2.05) is 20.8 Å². The third kappa shape index (κ3) is 7.10. The number of amides is 1. The number of benzene rings is 1. The van der Waals surface area contributed by atoms with Gasteiger partial charge in [-0.1, -0.05) is 32.9 Å². The van der Waals surface area contributed by atoms with Crippen LogP contribution >= 0.6 is 24.2 Å². The molecule has 0 fully saturated rings. The number of rotatable bonds is 10. The summed E-state index contributed by atoms with van der Waals surface area (Å²) in [5.74, 6) is -0.0298. The number of halogens is 1. The molecule has 3 N–H and O–H groups in total. The van der Waals surface area contributed by atoms with Crippen molar-refractivity contribution in [2.75, 3.05) is 12.3 Å². The van der Waals surface area contributed by atoms with E-state index in [2.05, 4.69) is 5.32 Å². The standard InChI is InChI=1S/C18H30N2O3S2.ClH/c1-5-12-25(22,23)16-11-9-8-10-15(16)24-14(4)17(21)20-13-18(19,6-2)7-3;/h8-11,14H,5-7,12-13,19H2,1-4H3,(H,20,21);1H. The molecular weight excluding hydrogens is 392 g/mol. The second-order valence-corrected chi connectivity index (χ2v) is 9.77. The molecule has 0 saturated carbocycles. The fourth-order valence-corrected chi connectivity index (χ4v) is 5.19. The van der Waals surface area contributed by atoms with Crippen molar-refractivity contribution in [3.05, 3.63) is 24.3 Å². The topological polar surface area (TPSA) is 89.3 Å². The zero-order valence-corrected chi connectivity index (χ0v) is 18.4. The molecule has 1 amide bonds. The molecule has 0 aliphatic carbocycles. The van der Waals surface area contributed by atoms with E-state index in [-0.39, 0.29) is 24.1 Å². The number of nitrogens with two attached hydrogens (primary N) is 1.